The van der Waals surface area contributed by atoms with E-state index >= 15 is 0 Å². The van der Waals surface area contributed by atoms with Gasteiger partial charge in [-0.15, -0.1) is 5.10 Å². The van der Waals surface area contributed by atoms with Gasteiger partial charge in [-0.05, 0) is 37.1 Å². The Bertz CT molecular complexity index is 1130. The molecule has 1 aliphatic heterocycles. The van der Waals surface area contributed by atoms with Crippen LogP contribution in [0.1, 0.15) is 19.3 Å². The van der Waals surface area contributed by atoms with E-state index in [0.717, 1.165) is 24.8 Å². The first-order valence-corrected chi connectivity index (χ1v) is 12.5. The summed E-state index contributed by atoms with van der Waals surface area (Å²) in [7, 11) is -3.48. The number of piperidine rings is 1. The second-order valence-corrected chi connectivity index (χ2v) is 10.0. The number of hydrogen-bond donors (Lipinski definition) is 2. The molecule has 1 aliphatic rings. The van der Waals surface area contributed by atoms with Crippen molar-refractivity contribution in [3.05, 3.63) is 54.6 Å². The second kappa shape index (κ2) is 9.63. The lowest BCUT2D eigenvalue weighted by molar-refractivity contribution is -0.113. The molecule has 0 bridgehead atoms. The van der Waals surface area contributed by atoms with E-state index in [1.807, 2.05) is 30.3 Å². The number of anilines is 1. The zero-order valence-electron chi connectivity index (χ0n) is 16.8. The quantitative estimate of drug-likeness (QED) is 0.527. The molecule has 31 heavy (non-hydrogen) atoms. The van der Waals surface area contributed by atoms with Crippen molar-refractivity contribution in [1.29, 1.82) is 0 Å². The van der Waals surface area contributed by atoms with Gasteiger partial charge in [0.2, 0.25) is 21.1 Å². The summed E-state index contributed by atoms with van der Waals surface area (Å²) in [5.74, 6) is 0.566. The van der Waals surface area contributed by atoms with Gasteiger partial charge in [-0.25, -0.2) is 13.4 Å². The van der Waals surface area contributed by atoms with E-state index in [4.69, 9.17) is 0 Å². The molecule has 1 amide bonds. The number of thioether (sulfide) groups is 1. The lowest BCUT2D eigenvalue weighted by Gasteiger charge is -2.25. The van der Waals surface area contributed by atoms with Crippen LogP contribution in [0.3, 0.4) is 0 Å². The Balaban J connectivity index is 1.31. The SMILES string of the molecule is O=C(CSc1n[nH]c(-c2ccccc2)n1)Nc1ccc(S(=O)(=O)N2CCCCC2)cc1. The molecule has 2 heterocycles. The van der Waals surface area contributed by atoms with Gasteiger partial charge in [-0.3, -0.25) is 9.89 Å². The number of carbonyl (C=O) groups excluding carboxylic acids is 1. The number of aromatic nitrogens is 3. The molecular weight excluding hydrogens is 434 g/mol. The molecule has 3 aromatic rings. The standard InChI is InChI=1S/C21H23N5O3S2/c27-19(15-30-21-23-20(24-25-21)16-7-3-1-4-8-16)22-17-9-11-18(12-10-17)31(28,29)26-13-5-2-6-14-26/h1,3-4,7-12H,2,5-6,13-15H2,(H,22,27)(H,23,24,25). The van der Waals surface area contributed by atoms with Gasteiger partial charge in [-0.1, -0.05) is 48.5 Å². The zero-order chi connectivity index (χ0) is 21.7. The lowest BCUT2D eigenvalue weighted by atomic mass is 10.2. The van der Waals surface area contributed by atoms with Gasteiger partial charge in [0.15, 0.2) is 5.82 Å². The van der Waals surface area contributed by atoms with E-state index in [0.29, 0.717) is 29.8 Å². The number of nitrogens with one attached hydrogen (secondary N) is 2. The van der Waals surface area contributed by atoms with Crippen molar-refractivity contribution in [3.63, 3.8) is 0 Å². The fourth-order valence-corrected chi connectivity index (χ4v) is 5.44. The topological polar surface area (TPSA) is 108 Å². The third-order valence-corrected chi connectivity index (χ3v) is 7.70. The van der Waals surface area contributed by atoms with Gasteiger partial charge in [0.25, 0.3) is 0 Å². The Morgan fingerprint density at radius 2 is 1.74 bits per heavy atom. The van der Waals surface area contributed by atoms with Crippen molar-refractivity contribution in [3.8, 4) is 11.4 Å². The molecule has 1 fully saturated rings. The molecule has 2 aromatic carbocycles. The van der Waals surface area contributed by atoms with Crippen molar-refractivity contribution < 1.29 is 13.2 Å². The molecule has 4 rings (SSSR count). The average molecular weight is 458 g/mol. The van der Waals surface area contributed by atoms with E-state index in [1.54, 1.807) is 12.1 Å². The first-order chi connectivity index (χ1) is 15.0. The minimum atomic E-state index is -3.48. The molecule has 1 aromatic heterocycles. The van der Waals surface area contributed by atoms with Crippen LogP contribution in [0.25, 0.3) is 11.4 Å². The van der Waals surface area contributed by atoms with Gasteiger partial charge < -0.3 is 5.32 Å². The minimum absolute atomic E-state index is 0.139. The number of rotatable bonds is 7. The van der Waals surface area contributed by atoms with Crippen LogP contribution in [0.15, 0.2) is 64.6 Å². The number of H-pyrrole nitrogens is 1. The summed E-state index contributed by atoms with van der Waals surface area (Å²) in [5.41, 5.74) is 1.47. The van der Waals surface area contributed by atoms with Crippen molar-refractivity contribution in [1.82, 2.24) is 19.5 Å². The Kier molecular flexibility index (Phi) is 6.69. The maximum Gasteiger partial charge on any atom is 0.243 e. The van der Waals surface area contributed by atoms with Crippen LogP contribution in [-0.2, 0) is 14.8 Å². The zero-order valence-corrected chi connectivity index (χ0v) is 18.5. The highest BCUT2D eigenvalue weighted by atomic mass is 32.2. The van der Waals surface area contributed by atoms with Crippen molar-refractivity contribution in [2.24, 2.45) is 0 Å². The molecule has 0 radical (unpaired) electrons. The number of amides is 1. The maximum absolute atomic E-state index is 12.7. The Morgan fingerprint density at radius 3 is 2.45 bits per heavy atom. The largest absolute Gasteiger partial charge is 0.325 e. The summed E-state index contributed by atoms with van der Waals surface area (Å²) in [5, 5.41) is 10.3. The first-order valence-electron chi connectivity index (χ1n) is 10.0. The fraction of sp³-hybridized carbons (Fsp3) is 0.286. The normalized spacial score (nSPS) is 15.0. The average Bonchev–Trinajstić information content (AvgIpc) is 3.28. The third-order valence-electron chi connectivity index (χ3n) is 4.94. The Labute approximate surface area is 185 Å². The van der Waals surface area contributed by atoms with E-state index in [2.05, 4.69) is 20.5 Å². The number of carbonyl (C=O) groups is 1. The van der Waals surface area contributed by atoms with Crippen molar-refractivity contribution >= 4 is 33.4 Å². The predicted molar refractivity (Wildman–Crippen MR) is 120 cm³/mol. The van der Waals surface area contributed by atoms with Crippen LogP contribution in [0.4, 0.5) is 5.69 Å². The van der Waals surface area contributed by atoms with Crippen LogP contribution >= 0.6 is 11.8 Å². The van der Waals surface area contributed by atoms with E-state index < -0.39 is 10.0 Å². The highest BCUT2D eigenvalue weighted by Gasteiger charge is 2.25. The van der Waals surface area contributed by atoms with Gasteiger partial charge >= 0.3 is 0 Å². The Morgan fingerprint density at radius 1 is 1.03 bits per heavy atom. The molecule has 10 heteroatoms. The third kappa shape index (κ3) is 5.33. The number of aromatic amines is 1. The van der Waals surface area contributed by atoms with Gasteiger partial charge in [0, 0.05) is 24.3 Å². The van der Waals surface area contributed by atoms with Gasteiger partial charge in [0.1, 0.15) is 0 Å². The maximum atomic E-state index is 12.7. The summed E-state index contributed by atoms with van der Waals surface area (Å²) in [6.45, 7) is 1.12. The molecule has 0 atom stereocenters. The highest BCUT2D eigenvalue weighted by molar-refractivity contribution is 7.99. The van der Waals surface area contributed by atoms with Crippen LogP contribution in [0.2, 0.25) is 0 Å². The summed E-state index contributed by atoms with van der Waals surface area (Å²) in [6, 6.07) is 15.9. The number of benzene rings is 2. The van der Waals surface area contributed by atoms with Crippen LogP contribution < -0.4 is 5.32 Å². The number of hydrogen-bond acceptors (Lipinski definition) is 6. The van der Waals surface area contributed by atoms with Crippen LogP contribution in [0.5, 0.6) is 0 Å². The molecule has 0 aliphatic carbocycles. The minimum Gasteiger partial charge on any atom is -0.325 e. The highest BCUT2D eigenvalue weighted by Crippen LogP contribution is 2.23. The van der Waals surface area contributed by atoms with Crippen LogP contribution in [0, 0.1) is 0 Å². The second-order valence-electron chi connectivity index (χ2n) is 7.16. The molecule has 0 saturated carbocycles. The van der Waals surface area contributed by atoms with E-state index in [9.17, 15) is 13.2 Å². The fourth-order valence-electron chi connectivity index (χ4n) is 3.33. The van der Waals surface area contributed by atoms with Gasteiger partial charge in [0.05, 0.1) is 10.6 Å². The van der Waals surface area contributed by atoms with Crippen molar-refractivity contribution in [2.75, 3.05) is 24.2 Å². The van der Waals surface area contributed by atoms with Gasteiger partial charge in [-0.2, -0.15) is 4.31 Å². The summed E-state index contributed by atoms with van der Waals surface area (Å²) in [6.07, 6.45) is 2.85. The predicted octanol–water partition coefficient (Wildman–Crippen LogP) is 3.38. The van der Waals surface area contributed by atoms with E-state index in [-0.39, 0.29) is 16.6 Å². The van der Waals surface area contributed by atoms with Crippen LogP contribution in [-0.4, -0.2) is 52.7 Å². The first kappa shape index (κ1) is 21.5. The van der Waals surface area contributed by atoms with Crippen molar-refractivity contribution in [2.45, 2.75) is 29.3 Å². The summed E-state index contributed by atoms with van der Waals surface area (Å²) in [4.78, 5) is 16.9. The van der Waals surface area contributed by atoms with E-state index in [1.165, 1.54) is 28.2 Å². The molecule has 0 spiro atoms. The molecule has 0 unspecified atom stereocenters. The Hall–Kier alpha value is -2.69. The molecular formula is C21H23N5O3S2. The molecule has 2 N–H and O–H groups in total. The summed E-state index contributed by atoms with van der Waals surface area (Å²) < 4.78 is 26.9. The molecule has 1 saturated heterocycles. The monoisotopic (exact) mass is 457 g/mol. The molecule has 162 valence electrons. The number of nitrogens with zero attached hydrogens (tertiary/aromatic N) is 3. The smallest absolute Gasteiger partial charge is 0.243 e. The molecule has 8 nitrogen and oxygen atoms in total. The number of sulfonamides is 1. The lowest BCUT2D eigenvalue weighted by Crippen LogP contribution is -2.35. The summed E-state index contributed by atoms with van der Waals surface area (Å²) >= 11 is 1.22.